The molecule has 1 aliphatic heterocycles. The van der Waals surface area contributed by atoms with Crippen molar-refractivity contribution in [3.63, 3.8) is 0 Å². The van der Waals surface area contributed by atoms with Gasteiger partial charge in [0.25, 0.3) is 5.91 Å². The lowest BCUT2D eigenvalue weighted by atomic mass is 10.3. The second-order valence-corrected chi connectivity index (χ2v) is 5.30. The summed E-state index contributed by atoms with van der Waals surface area (Å²) in [5.41, 5.74) is 1.13. The molecule has 0 spiro atoms. The van der Waals surface area contributed by atoms with Crippen LogP contribution in [-0.2, 0) is 0 Å². The molecule has 1 saturated heterocycles. The fourth-order valence-electron chi connectivity index (χ4n) is 2.29. The molecule has 21 heavy (non-hydrogen) atoms. The van der Waals surface area contributed by atoms with Crippen LogP contribution in [0.2, 0.25) is 5.02 Å². The van der Waals surface area contributed by atoms with Gasteiger partial charge in [-0.3, -0.25) is 4.79 Å². The van der Waals surface area contributed by atoms with Gasteiger partial charge in [-0.25, -0.2) is 9.97 Å². The first-order valence-corrected chi connectivity index (χ1v) is 7.25. The summed E-state index contributed by atoms with van der Waals surface area (Å²) in [7, 11) is 0. The molecule has 0 aliphatic carbocycles. The Kier molecular flexibility index (Phi) is 4.01. The monoisotopic (exact) mass is 302 g/mol. The molecule has 1 amide bonds. The molecule has 1 aliphatic rings. The van der Waals surface area contributed by atoms with Crippen LogP contribution in [0.25, 0.3) is 0 Å². The van der Waals surface area contributed by atoms with Gasteiger partial charge in [0.05, 0.1) is 23.1 Å². The average molecular weight is 303 g/mol. The van der Waals surface area contributed by atoms with Gasteiger partial charge in [0, 0.05) is 13.1 Å². The fraction of sp³-hybridized carbons (Fsp3) is 0.267. The molecule has 1 N–H and O–H groups in total. The number of hydrogen-bond acceptors (Lipinski definition) is 4. The predicted octanol–water partition coefficient (Wildman–Crippen LogP) is 3.11. The van der Waals surface area contributed by atoms with Gasteiger partial charge in [-0.05, 0) is 25.0 Å². The second-order valence-electron chi connectivity index (χ2n) is 4.89. The van der Waals surface area contributed by atoms with Crippen LogP contribution in [0.3, 0.4) is 0 Å². The number of aromatic nitrogens is 2. The van der Waals surface area contributed by atoms with E-state index < -0.39 is 0 Å². The van der Waals surface area contributed by atoms with Crippen LogP contribution in [0.4, 0.5) is 11.5 Å². The number of para-hydroxylation sites is 1. The zero-order valence-corrected chi connectivity index (χ0v) is 12.2. The van der Waals surface area contributed by atoms with Crippen molar-refractivity contribution < 1.29 is 4.79 Å². The molecule has 2 heterocycles. The number of benzene rings is 1. The number of halogens is 1. The van der Waals surface area contributed by atoms with Gasteiger partial charge >= 0.3 is 0 Å². The van der Waals surface area contributed by atoms with Crippen LogP contribution in [0.1, 0.15) is 23.3 Å². The maximum atomic E-state index is 12.2. The second kappa shape index (κ2) is 6.10. The molecule has 6 heteroatoms. The standard InChI is InChI=1S/C15H15ClN4O/c16-11-5-1-2-6-12(11)19-14-10-17-13(9-18-14)15(21)20-7-3-4-8-20/h1-2,5-6,9-10H,3-4,7-8H2,(H,18,19). The summed E-state index contributed by atoms with van der Waals surface area (Å²) >= 11 is 6.07. The van der Waals surface area contributed by atoms with Crippen molar-refractivity contribution in [2.24, 2.45) is 0 Å². The molecule has 1 fully saturated rings. The number of hydrogen-bond donors (Lipinski definition) is 1. The Morgan fingerprint density at radius 3 is 2.57 bits per heavy atom. The minimum Gasteiger partial charge on any atom is -0.338 e. The van der Waals surface area contributed by atoms with E-state index in [1.807, 2.05) is 23.1 Å². The fourth-order valence-corrected chi connectivity index (χ4v) is 2.47. The molecule has 0 atom stereocenters. The van der Waals surface area contributed by atoms with Gasteiger partial charge in [-0.1, -0.05) is 23.7 Å². The number of nitrogens with one attached hydrogen (secondary N) is 1. The quantitative estimate of drug-likeness (QED) is 0.946. The highest BCUT2D eigenvalue weighted by Crippen LogP contribution is 2.23. The Bertz CT molecular complexity index is 638. The van der Waals surface area contributed by atoms with Crippen LogP contribution in [0.15, 0.2) is 36.7 Å². The normalized spacial score (nSPS) is 14.2. The van der Waals surface area contributed by atoms with E-state index in [1.54, 1.807) is 12.3 Å². The van der Waals surface area contributed by atoms with Crippen LogP contribution in [-0.4, -0.2) is 33.9 Å². The molecule has 0 radical (unpaired) electrons. The zero-order chi connectivity index (χ0) is 14.7. The Morgan fingerprint density at radius 2 is 1.90 bits per heavy atom. The van der Waals surface area contributed by atoms with Gasteiger partial charge in [0.2, 0.25) is 0 Å². The van der Waals surface area contributed by atoms with Gasteiger partial charge < -0.3 is 10.2 Å². The maximum absolute atomic E-state index is 12.2. The summed E-state index contributed by atoms with van der Waals surface area (Å²) in [6.07, 6.45) is 5.17. The lowest BCUT2D eigenvalue weighted by Crippen LogP contribution is -2.28. The van der Waals surface area contributed by atoms with E-state index in [-0.39, 0.29) is 5.91 Å². The number of likely N-dealkylation sites (tertiary alicyclic amines) is 1. The van der Waals surface area contributed by atoms with E-state index in [9.17, 15) is 4.79 Å². The smallest absolute Gasteiger partial charge is 0.274 e. The highest BCUT2D eigenvalue weighted by Gasteiger charge is 2.20. The molecule has 5 nitrogen and oxygen atoms in total. The SMILES string of the molecule is O=C(c1cnc(Nc2ccccc2Cl)cn1)N1CCCC1. The van der Waals surface area contributed by atoms with E-state index in [1.165, 1.54) is 6.20 Å². The van der Waals surface area contributed by atoms with Crippen LogP contribution in [0.5, 0.6) is 0 Å². The van der Waals surface area contributed by atoms with Crippen molar-refractivity contribution >= 4 is 29.0 Å². The lowest BCUT2D eigenvalue weighted by molar-refractivity contribution is 0.0786. The average Bonchev–Trinajstić information content (AvgIpc) is 3.04. The summed E-state index contributed by atoms with van der Waals surface area (Å²) < 4.78 is 0. The largest absolute Gasteiger partial charge is 0.338 e. The third-order valence-electron chi connectivity index (χ3n) is 3.40. The van der Waals surface area contributed by atoms with E-state index in [4.69, 9.17) is 11.6 Å². The lowest BCUT2D eigenvalue weighted by Gasteiger charge is -2.14. The minimum atomic E-state index is -0.0516. The Balaban J connectivity index is 1.72. The Morgan fingerprint density at radius 1 is 1.14 bits per heavy atom. The third kappa shape index (κ3) is 3.13. The predicted molar refractivity (Wildman–Crippen MR) is 81.9 cm³/mol. The summed E-state index contributed by atoms with van der Waals surface area (Å²) in [6, 6.07) is 7.39. The van der Waals surface area contributed by atoms with Crippen molar-refractivity contribution in [3.05, 3.63) is 47.4 Å². The van der Waals surface area contributed by atoms with Crippen molar-refractivity contribution in [1.29, 1.82) is 0 Å². The van der Waals surface area contributed by atoms with Crippen molar-refractivity contribution in [2.45, 2.75) is 12.8 Å². The first-order chi connectivity index (χ1) is 10.2. The van der Waals surface area contributed by atoms with Crippen molar-refractivity contribution in [2.75, 3.05) is 18.4 Å². The Labute approximate surface area is 128 Å². The summed E-state index contributed by atoms with van der Waals surface area (Å²) in [5, 5.41) is 3.69. The molecule has 0 unspecified atom stereocenters. The van der Waals surface area contributed by atoms with Gasteiger partial charge in [0.1, 0.15) is 11.5 Å². The third-order valence-corrected chi connectivity index (χ3v) is 3.73. The number of anilines is 2. The summed E-state index contributed by atoms with van der Waals surface area (Å²) in [4.78, 5) is 22.4. The topological polar surface area (TPSA) is 58.1 Å². The highest BCUT2D eigenvalue weighted by atomic mass is 35.5. The highest BCUT2D eigenvalue weighted by molar-refractivity contribution is 6.33. The van der Waals surface area contributed by atoms with E-state index in [2.05, 4.69) is 15.3 Å². The molecule has 0 saturated carbocycles. The number of carbonyl (C=O) groups excluding carboxylic acids is 1. The molecule has 1 aromatic carbocycles. The molecule has 0 bridgehead atoms. The number of nitrogens with zero attached hydrogens (tertiary/aromatic N) is 3. The molecule has 1 aromatic heterocycles. The van der Waals surface area contributed by atoms with Crippen LogP contribution in [0, 0.1) is 0 Å². The number of carbonyl (C=O) groups is 1. The molecular weight excluding hydrogens is 288 g/mol. The van der Waals surface area contributed by atoms with E-state index in [0.717, 1.165) is 31.6 Å². The number of rotatable bonds is 3. The van der Waals surface area contributed by atoms with Gasteiger partial charge in [-0.15, -0.1) is 0 Å². The molecule has 2 aromatic rings. The number of amides is 1. The summed E-state index contributed by atoms with van der Waals surface area (Å²) in [6.45, 7) is 1.61. The molecular formula is C15H15ClN4O. The summed E-state index contributed by atoms with van der Waals surface area (Å²) in [5.74, 6) is 0.505. The Hall–Kier alpha value is -2.14. The minimum absolute atomic E-state index is 0.0516. The molecule has 3 rings (SSSR count). The van der Waals surface area contributed by atoms with Gasteiger partial charge in [-0.2, -0.15) is 0 Å². The van der Waals surface area contributed by atoms with Crippen LogP contribution < -0.4 is 5.32 Å². The van der Waals surface area contributed by atoms with Crippen LogP contribution >= 0.6 is 11.6 Å². The van der Waals surface area contributed by atoms with Gasteiger partial charge in [0.15, 0.2) is 0 Å². The first-order valence-electron chi connectivity index (χ1n) is 6.87. The van der Waals surface area contributed by atoms with E-state index >= 15 is 0 Å². The zero-order valence-electron chi connectivity index (χ0n) is 11.4. The molecule has 108 valence electrons. The maximum Gasteiger partial charge on any atom is 0.274 e. The van der Waals surface area contributed by atoms with Crippen molar-refractivity contribution in [1.82, 2.24) is 14.9 Å². The first kappa shape index (κ1) is 13.8. The van der Waals surface area contributed by atoms with Crippen molar-refractivity contribution in [3.8, 4) is 0 Å². The van der Waals surface area contributed by atoms with E-state index in [0.29, 0.717) is 16.5 Å².